The number of hydrogen-bond donors (Lipinski definition) is 1. The molecular weight excluding hydrogens is 324 g/mol. The first kappa shape index (κ1) is 18.1. The fourth-order valence-electron chi connectivity index (χ4n) is 2.52. The molecular formula is C18H22N2O3S. The fourth-order valence-corrected chi connectivity index (χ4v) is 3.60. The lowest BCUT2D eigenvalue weighted by molar-refractivity contribution is -0.133. The number of nitrogens with zero attached hydrogens (tertiary/aromatic N) is 1. The van der Waals surface area contributed by atoms with Gasteiger partial charge in [-0.1, -0.05) is 42.5 Å². The van der Waals surface area contributed by atoms with Gasteiger partial charge < -0.3 is 10.2 Å². The van der Waals surface area contributed by atoms with Crippen LogP contribution in [-0.4, -0.2) is 46.8 Å². The average molecular weight is 346 g/mol. The molecule has 0 bridgehead atoms. The monoisotopic (exact) mass is 346 g/mol. The first-order chi connectivity index (χ1) is 11.4. The summed E-state index contributed by atoms with van der Waals surface area (Å²) < 4.78 is 12.3. The van der Waals surface area contributed by atoms with E-state index in [1.165, 1.54) is 4.90 Å². The molecule has 128 valence electrons. The second kappa shape index (κ2) is 8.06. The fraction of sp³-hybridized carbons (Fsp3) is 0.333. The van der Waals surface area contributed by atoms with Gasteiger partial charge in [-0.05, 0) is 23.3 Å². The zero-order chi connectivity index (χ0) is 17.7. The molecule has 0 aliphatic heterocycles. The van der Waals surface area contributed by atoms with Crippen molar-refractivity contribution in [3.8, 4) is 0 Å². The molecule has 0 aromatic heterocycles. The van der Waals surface area contributed by atoms with E-state index in [4.69, 9.17) is 0 Å². The van der Waals surface area contributed by atoms with E-state index in [-0.39, 0.29) is 17.6 Å². The first-order valence-electron chi connectivity index (χ1n) is 7.70. The molecule has 0 aliphatic rings. The highest BCUT2D eigenvalue weighted by atomic mass is 32.2. The molecule has 2 amide bonds. The van der Waals surface area contributed by atoms with Crippen LogP contribution in [0.4, 0.5) is 0 Å². The SMILES string of the molecule is CC(NC(=O)CS(=O)Cc1cccc2ccccc12)C(=O)N(C)C. The molecule has 0 aliphatic carbocycles. The summed E-state index contributed by atoms with van der Waals surface area (Å²) >= 11 is 0. The first-order valence-corrected chi connectivity index (χ1v) is 9.19. The summed E-state index contributed by atoms with van der Waals surface area (Å²) in [5.41, 5.74) is 0.955. The summed E-state index contributed by atoms with van der Waals surface area (Å²) in [4.78, 5) is 25.1. The van der Waals surface area contributed by atoms with Gasteiger partial charge in [-0.2, -0.15) is 0 Å². The Bertz CT molecular complexity index is 768. The molecule has 2 aromatic carbocycles. The number of carbonyl (C=O) groups excluding carboxylic acids is 2. The lowest BCUT2D eigenvalue weighted by atomic mass is 10.1. The van der Waals surface area contributed by atoms with Crippen molar-refractivity contribution in [2.75, 3.05) is 19.8 Å². The van der Waals surface area contributed by atoms with Gasteiger partial charge in [-0.15, -0.1) is 0 Å². The predicted molar refractivity (Wildman–Crippen MR) is 97.0 cm³/mol. The van der Waals surface area contributed by atoms with E-state index >= 15 is 0 Å². The number of rotatable bonds is 6. The Morgan fingerprint density at radius 2 is 1.79 bits per heavy atom. The lowest BCUT2D eigenvalue weighted by Crippen LogP contribution is -2.45. The van der Waals surface area contributed by atoms with Crippen molar-refractivity contribution in [2.45, 2.75) is 18.7 Å². The highest BCUT2D eigenvalue weighted by molar-refractivity contribution is 7.84. The van der Waals surface area contributed by atoms with E-state index in [1.807, 2.05) is 42.5 Å². The van der Waals surface area contributed by atoms with Crippen LogP contribution in [0.2, 0.25) is 0 Å². The Balaban J connectivity index is 1.97. The summed E-state index contributed by atoms with van der Waals surface area (Å²) in [6.45, 7) is 1.62. The second-order valence-corrected chi connectivity index (χ2v) is 7.35. The molecule has 2 rings (SSSR count). The zero-order valence-electron chi connectivity index (χ0n) is 14.1. The normalized spacial score (nSPS) is 13.3. The van der Waals surface area contributed by atoms with Crippen molar-refractivity contribution in [3.05, 3.63) is 48.0 Å². The van der Waals surface area contributed by atoms with Crippen molar-refractivity contribution in [3.63, 3.8) is 0 Å². The van der Waals surface area contributed by atoms with Crippen LogP contribution in [-0.2, 0) is 26.1 Å². The van der Waals surface area contributed by atoms with Crippen molar-refractivity contribution in [2.24, 2.45) is 0 Å². The van der Waals surface area contributed by atoms with E-state index in [9.17, 15) is 13.8 Å². The summed E-state index contributed by atoms with van der Waals surface area (Å²) in [6, 6.07) is 13.1. The number of benzene rings is 2. The van der Waals surface area contributed by atoms with Gasteiger partial charge in [0.15, 0.2) is 0 Å². The minimum Gasteiger partial charge on any atom is -0.347 e. The topological polar surface area (TPSA) is 66.5 Å². The predicted octanol–water partition coefficient (Wildman–Crippen LogP) is 1.68. The second-order valence-electron chi connectivity index (χ2n) is 5.89. The highest BCUT2D eigenvalue weighted by Gasteiger charge is 2.18. The zero-order valence-corrected chi connectivity index (χ0v) is 14.9. The van der Waals surface area contributed by atoms with Gasteiger partial charge in [-0.25, -0.2) is 0 Å². The third kappa shape index (κ3) is 4.64. The van der Waals surface area contributed by atoms with Gasteiger partial charge in [0.1, 0.15) is 11.8 Å². The standard InChI is InChI=1S/C18H22N2O3S/c1-13(18(22)20(2)3)19-17(21)12-24(23)11-15-9-6-8-14-7-4-5-10-16(14)15/h4-10,13H,11-12H2,1-3H3,(H,19,21). The molecule has 5 nitrogen and oxygen atoms in total. The average Bonchev–Trinajstić information content (AvgIpc) is 2.54. The Kier molecular flexibility index (Phi) is 6.09. The van der Waals surface area contributed by atoms with Gasteiger partial charge in [0.05, 0.1) is 0 Å². The molecule has 0 radical (unpaired) electrons. The highest BCUT2D eigenvalue weighted by Crippen LogP contribution is 2.19. The number of nitrogens with one attached hydrogen (secondary N) is 1. The van der Waals surface area contributed by atoms with Gasteiger partial charge >= 0.3 is 0 Å². The number of fused-ring (bicyclic) bond motifs is 1. The van der Waals surface area contributed by atoms with Crippen LogP contribution in [0, 0.1) is 0 Å². The summed E-state index contributed by atoms with van der Waals surface area (Å²) in [7, 11) is 1.92. The number of hydrogen-bond acceptors (Lipinski definition) is 3. The minimum atomic E-state index is -1.33. The number of amides is 2. The van der Waals surface area contributed by atoms with Crippen LogP contribution < -0.4 is 5.32 Å². The van der Waals surface area contributed by atoms with E-state index in [1.54, 1.807) is 21.0 Å². The summed E-state index contributed by atoms with van der Waals surface area (Å²) in [5.74, 6) is -0.376. The number of carbonyl (C=O) groups is 2. The lowest BCUT2D eigenvalue weighted by Gasteiger charge is -2.17. The molecule has 2 unspecified atom stereocenters. The van der Waals surface area contributed by atoms with E-state index < -0.39 is 16.8 Å². The molecule has 0 saturated heterocycles. The third-order valence-corrected chi connectivity index (χ3v) is 4.89. The Morgan fingerprint density at radius 1 is 1.12 bits per heavy atom. The molecule has 2 atom stereocenters. The Hall–Kier alpha value is -2.21. The molecule has 2 aromatic rings. The van der Waals surface area contributed by atoms with Crippen LogP contribution in [0.1, 0.15) is 12.5 Å². The molecule has 0 saturated carbocycles. The van der Waals surface area contributed by atoms with E-state index in [2.05, 4.69) is 5.32 Å². The maximum Gasteiger partial charge on any atom is 0.244 e. The molecule has 24 heavy (non-hydrogen) atoms. The Morgan fingerprint density at radius 3 is 2.50 bits per heavy atom. The largest absolute Gasteiger partial charge is 0.347 e. The number of likely N-dealkylation sites (N-methyl/N-ethyl adjacent to an activating group) is 1. The third-order valence-electron chi connectivity index (χ3n) is 3.68. The van der Waals surface area contributed by atoms with E-state index in [0.717, 1.165) is 16.3 Å². The van der Waals surface area contributed by atoms with Gasteiger partial charge in [-0.3, -0.25) is 13.8 Å². The summed E-state index contributed by atoms with van der Waals surface area (Å²) in [6.07, 6.45) is 0. The van der Waals surface area contributed by atoms with Gasteiger partial charge in [0, 0.05) is 30.6 Å². The van der Waals surface area contributed by atoms with Crippen molar-refractivity contribution in [1.29, 1.82) is 0 Å². The maximum atomic E-state index is 12.3. The molecule has 1 N–H and O–H groups in total. The summed E-state index contributed by atoms with van der Waals surface area (Å²) in [5, 5.41) is 4.72. The van der Waals surface area contributed by atoms with Crippen LogP contribution >= 0.6 is 0 Å². The van der Waals surface area contributed by atoms with Crippen molar-refractivity contribution >= 4 is 33.4 Å². The molecule has 6 heteroatoms. The smallest absolute Gasteiger partial charge is 0.244 e. The quantitative estimate of drug-likeness (QED) is 0.865. The van der Waals surface area contributed by atoms with E-state index in [0.29, 0.717) is 5.75 Å². The minimum absolute atomic E-state index is 0.117. The maximum absolute atomic E-state index is 12.3. The van der Waals surface area contributed by atoms with Crippen LogP contribution in [0.5, 0.6) is 0 Å². The Labute approximate surface area is 144 Å². The van der Waals surface area contributed by atoms with Crippen LogP contribution in [0.3, 0.4) is 0 Å². The van der Waals surface area contributed by atoms with Crippen LogP contribution in [0.25, 0.3) is 10.8 Å². The van der Waals surface area contributed by atoms with Gasteiger partial charge in [0.2, 0.25) is 11.8 Å². The van der Waals surface area contributed by atoms with Crippen molar-refractivity contribution in [1.82, 2.24) is 10.2 Å². The molecule has 0 fully saturated rings. The van der Waals surface area contributed by atoms with Crippen LogP contribution in [0.15, 0.2) is 42.5 Å². The van der Waals surface area contributed by atoms with Gasteiger partial charge in [0.25, 0.3) is 0 Å². The molecule has 0 spiro atoms. The van der Waals surface area contributed by atoms with Crippen molar-refractivity contribution < 1.29 is 13.8 Å². The molecule has 0 heterocycles.